The van der Waals surface area contributed by atoms with Crippen LogP contribution >= 0.6 is 11.3 Å². The molecule has 21 heavy (non-hydrogen) atoms. The second-order valence-electron chi connectivity index (χ2n) is 6.64. The summed E-state index contributed by atoms with van der Waals surface area (Å²) in [5.41, 5.74) is 7.51. The van der Waals surface area contributed by atoms with Gasteiger partial charge in [-0.15, -0.1) is 0 Å². The van der Waals surface area contributed by atoms with Gasteiger partial charge in [0.05, 0.1) is 19.1 Å². The Balaban J connectivity index is 1.47. The van der Waals surface area contributed by atoms with Gasteiger partial charge < -0.3 is 15.4 Å². The molecular formula is C16H22N2O2S. The Morgan fingerprint density at radius 2 is 2.24 bits per heavy atom. The van der Waals surface area contributed by atoms with Crippen LogP contribution in [0.5, 0.6) is 0 Å². The molecule has 0 spiro atoms. The summed E-state index contributed by atoms with van der Waals surface area (Å²) in [6.45, 7) is 2.01. The van der Waals surface area contributed by atoms with Crippen molar-refractivity contribution in [3.05, 3.63) is 22.4 Å². The third-order valence-electron chi connectivity index (χ3n) is 5.56. The molecule has 1 saturated heterocycles. The molecule has 2 saturated carbocycles. The lowest BCUT2D eigenvalue weighted by atomic mass is 9.84. The molecular weight excluding hydrogens is 284 g/mol. The van der Waals surface area contributed by atoms with Crippen LogP contribution in [0.1, 0.15) is 30.9 Å². The molecule has 4 rings (SSSR count). The Labute approximate surface area is 129 Å². The first-order valence-corrected chi connectivity index (χ1v) is 8.86. The third-order valence-corrected chi connectivity index (χ3v) is 6.26. The first-order valence-electron chi connectivity index (χ1n) is 7.92. The molecule has 3 fully saturated rings. The number of rotatable bonds is 2. The standard InChI is InChI=1S/C16H22N2O2S/c17-15-11-2-1-10(7-11)14(15)16(19)18-4-5-20-13(8-18)12-3-6-21-9-12/h3,6,9-11,13-15H,1-2,4-5,7-8,17H2. The van der Waals surface area contributed by atoms with E-state index in [9.17, 15) is 4.79 Å². The molecule has 1 aromatic heterocycles. The summed E-state index contributed by atoms with van der Waals surface area (Å²) in [5.74, 6) is 1.45. The molecule has 5 heteroatoms. The van der Waals surface area contributed by atoms with E-state index in [1.807, 2.05) is 4.90 Å². The first-order chi connectivity index (χ1) is 10.2. The quantitative estimate of drug-likeness (QED) is 0.909. The highest BCUT2D eigenvalue weighted by Crippen LogP contribution is 2.48. The maximum absolute atomic E-state index is 12.9. The minimum atomic E-state index is 0.0313. The molecule has 1 aliphatic heterocycles. The maximum atomic E-state index is 12.9. The number of nitrogens with zero attached hydrogens (tertiary/aromatic N) is 1. The predicted molar refractivity (Wildman–Crippen MR) is 81.9 cm³/mol. The van der Waals surface area contributed by atoms with Gasteiger partial charge >= 0.3 is 0 Å². The van der Waals surface area contributed by atoms with Gasteiger partial charge in [0.2, 0.25) is 5.91 Å². The molecule has 4 nitrogen and oxygen atoms in total. The summed E-state index contributed by atoms with van der Waals surface area (Å²) >= 11 is 1.67. The van der Waals surface area contributed by atoms with Crippen LogP contribution in [0.4, 0.5) is 0 Å². The first kappa shape index (κ1) is 13.7. The predicted octanol–water partition coefficient (Wildman–Crippen LogP) is 2.02. The van der Waals surface area contributed by atoms with Crippen molar-refractivity contribution in [2.45, 2.75) is 31.4 Å². The smallest absolute Gasteiger partial charge is 0.227 e. The second kappa shape index (κ2) is 5.38. The summed E-state index contributed by atoms with van der Waals surface area (Å²) < 4.78 is 5.84. The fraction of sp³-hybridized carbons (Fsp3) is 0.688. The molecule has 2 aliphatic carbocycles. The van der Waals surface area contributed by atoms with Gasteiger partial charge in [0, 0.05) is 12.6 Å². The molecule has 5 atom stereocenters. The molecule has 0 aromatic carbocycles. The number of carbonyl (C=O) groups is 1. The van der Waals surface area contributed by atoms with Gasteiger partial charge in [-0.1, -0.05) is 0 Å². The van der Waals surface area contributed by atoms with Crippen molar-refractivity contribution in [1.82, 2.24) is 4.90 Å². The third kappa shape index (κ3) is 2.31. The molecule has 0 radical (unpaired) electrons. The van der Waals surface area contributed by atoms with Gasteiger partial charge in [-0.3, -0.25) is 4.79 Å². The summed E-state index contributed by atoms with van der Waals surface area (Å²) in [7, 11) is 0. The van der Waals surface area contributed by atoms with E-state index in [-0.39, 0.29) is 24.0 Å². The molecule has 5 unspecified atom stereocenters. The van der Waals surface area contributed by atoms with Gasteiger partial charge in [-0.25, -0.2) is 0 Å². The van der Waals surface area contributed by atoms with Crippen LogP contribution in [-0.4, -0.2) is 36.5 Å². The number of thiophene rings is 1. The zero-order valence-electron chi connectivity index (χ0n) is 12.1. The number of amides is 1. The number of carbonyl (C=O) groups excluding carboxylic acids is 1. The van der Waals surface area contributed by atoms with Crippen LogP contribution in [-0.2, 0) is 9.53 Å². The number of hydrogen-bond donors (Lipinski definition) is 1. The molecule has 1 amide bonds. The van der Waals surface area contributed by atoms with Crippen molar-refractivity contribution in [2.24, 2.45) is 23.5 Å². The van der Waals surface area contributed by atoms with Crippen molar-refractivity contribution in [3.8, 4) is 0 Å². The fourth-order valence-corrected chi connectivity index (χ4v) is 5.12. The van der Waals surface area contributed by atoms with Crippen LogP contribution in [0.2, 0.25) is 0 Å². The second-order valence-corrected chi connectivity index (χ2v) is 7.42. The van der Waals surface area contributed by atoms with Crippen LogP contribution in [0.25, 0.3) is 0 Å². The van der Waals surface area contributed by atoms with E-state index in [4.69, 9.17) is 10.5 Å². The average Bonchev–Trinajstić information content (AvgIpc) is 3.24. The molecule has 2 bridgehead atoms. The lowest BCUT2D eigenvalue weighted by molar-refractivity contribution is -0.145. The fourth-order valence-electron chi connectivity index (χ4n) is 4.42. The van der Waals surface area contributed by atoms with E-state index in [0.717, 1.165) is 6.42 Å². The summed E-state index contributed by atoms with van der Waals surface area (Å²) in [6, 6.07) is 2.17. The van der Waals surface area contributed by atoms with E-state index in [2.05, 4.69) is 16.8 Å². The van der Waals surface area contributed by atoms with E-state index < -0.39 is 0 Å². The van der Waals surface area contributed by atoms with E-state index >= 15 is 0 Å². The van der Waals surface area contributed by atoms with Crippen LogP contribution in [0, 0.1) is 17.8 Å². The van der Waals surface area contributed by atoms with E-state index in [1.165, 1.54) is 18.4 Å². The number of nitrogens with two attached hydrogens (primary N) is 1. The van der Waals surface area contributed by atoms with Crippen molar-refractivity contribution in [2.75, 3.05) is 19.7 Å². The topological polar surface area (TPSA) is 55.6 Å². The highest BCUT2D eigenvalue weighted by atomic mass is 32.1. The monoisotopic (exact) mass is 306 g/mol. The van der Waals surface area contributed by atoms with Gasteiger partial charge in [-0.05, 0) is 53.5 Å². The summed E-state index contributed by atoms with van der Waals surface area (Å²) in [6.07, 6.45) is 3.60. The largest absolute Gasteiger partial charge is 0.370 e. The Morgan fingerprint density at radius 3 is 2.95 bits per heavy atom. The number of fused-ring (bicyclic) bond motifs is 2. The number of ether oxygens (including phenoxy) is 1. The highest BCUT2D eigenvalue weighted by molar-refractivity contribution is 7.07. The Bertz CT molecular complexity index is 516. The number of hydrogen-bond acceptors (Lipinski definition) is 4. The Morgan fingerprint density at radius 1 is 1.38 bits per heavy atom. The normalized spacial score (nSPS) is 38.9. The average molecular weight is 306 g/mol. The van der Waals surface area contributed by atoms with Gasteiger partial charge in [0.1, 0.15) is 6.10 Å². The minimum Gasteiger partial charge on any atom is -0.370 e. The van der Waals surface area contributed by atoms with Gasteiger partial charge in [-0.2, -0.15) is 11.3 Å². The minimum absolute atomic E-state index is 0.0313. The van der Waals surface area contributed by atoms with E-state index in [0.29, 0.717) is 31.5 Å². The lowest BCUT2D eigenvalue weighted by Gasteiger charge is -2.37. The van der Waals surface area contributed by atoms with Crippen LogP contribution in [0.15, 0.2) is 16.8 Å². The Hall–Kier alpha value is -0.910. The van der Waals surface area contributed by atoms with Gasteiger partial charge in [0.25, 0.3) is 0 Å². The van der Waals surface area contributed by atoms with Crippen molar-refractivity contribution in [1.29, 1.82) is 0 Å². The molecule has 1 aromatic rings. The van der Waals surface area contributed by atoms with Crippen molar-refractivity contribution in [3.63, 3.8) is 0 Å². The summed E-state index contributed by atoms with van der Waals surface area (Å²) in [5, 5.41) is 4.17. The molecule has 114 valence electrons. The van der Waals surface area contributed by atoms with Crippen LogP contribution < -0.4 is 5.73 Å². The highest BCUT2D eigenvalue weighted by Gasteiger charge is 2.50. The molecule has 3 aliphatic rings. The van der Waals surface area contributed by atoms with Crippen molar-refractivity contribution >= 4 is 17.2 Å². The van der Waals surface area contributed by atoms with Gasteiger partial charge in [0.15, 0.2) is 0 Å². The zero-order chi connectivity index (χ0) is 14.4. The lowest BCUT2D eigenvalue weighted by Crippen LogP contribution is -2.50. The summed E-state index contributed by atoms with van der Waals surface area (Å²) in [4.78, 5) is 14.9. The zero-order valence-corrected chi connectivity index (χ0v) is 12.9. The van der Waals surface area contributed by atoms with E-state index in [1.54, 1.807) is 11.3 Å². The Kier molecular flexibility index (Phi) is 3.52. The van der Waals surface area contributed by atoms with Crippen LogP contribution in [0.3, 0.4) is 0 Å². The SMILES string of the molecule is NC1C2CCC(C2)C1C(=O)N1CCOC(c2ccsc2)C1. The molecule has 2 N–H and O–H groups in total. The maximum Gasteiger partial charge on any atom is 0.227 e. The molecule has 2 heterocycles. The number of morpholine rings is 1. The van der Waals surface area contributed by atoms with Crippen molar-refractivity contribution < 1.29 is 9.53 Å².